The molecular formula is C15H14F2N2O2. The normalized spacial score (nSPS) is 14.9. The first-order valence-corrected chi connectivity index (χ1v) is 6.50. The number of hydrogen-bond acceptors (Lipinski definition) is 3. The molecule has 4 nitrogen and oxygen atoms in total. The maximum Gasteiger partial charge on any atom is 0.256 e. The summed E-state index contributed by atoms with van der Waals surface area (Å²) >= 11 is 0. The molecule has 1 aliphatic rings. The van der Waals surface area contributed by atoms with Gasteiger partial charge in [0.05, 0.1) is 6.54 Å². The fourth-order valence-corrected chi connectivity index (χ4v) is 2.16. The lowest BCUT2D eigenvalue weighted by atomic mass is 10.0. The molecule has 110 valence electrons. The molecule has 6 heteroatoms. The molecule has 0 aliphatic carbocycles. The number of nitrogens with zero attached hydrogens (tertiary/aromatic N) is 2. The molecule has 1 aromatic rings. The molecule has 1 heterocycles. The Balaban J connectivity index is 2.20. The molecule has 0 fully saturated rings. The molecule has 2 rings (SSSR count). The third-order valence-electron chi connectivity index (χ3n) is 3.06. The number of amides is 1. The Morgan fingerprint density at radius 3 is 2.67 bits per heavy atom. The standard InChI is InChI=1S/C15H14F2N2O2/c16-14(17)10-19-13(2-1-3-15(19)20)11-4-6-12(7-5-11)21-9-8-18/h2,4-7,14H,1,3,9-10H2. The van der Waals surface area contributed by atoms with Crippen LogP contribution in [0.3, 0.4) is 0 Å². The maximum atomic E-state index is 12.6. The lowest BCUT2D eigenvalue weighted by Crippen LogP contribution is -2.35. The molecule has 0 spiro atoms. The summed E-state index contributed by atoms with van der Waals surface area (Å²) in [4.78, 5) is 12.9. The van der Waals surface area contributed by atoms with Gasteiger partial charge < -0.3 is 9.64 Å². The van der Waals surface area contributed by atoms with Crippen LogP contribution in [-0.4, -0.2) is 30.4 Å². The highest BCUT2D eigenvalue weighted by Gasteiger charge is 2.25. The number of hydrogen-bond donors (Lipinski definition) is 0. The van der Waals surface area contributed by atoms with E-state index in [1.807, 2.05) is 6.07 Å². The summed E-state index contributed by atoms with van der Waals surface area (Å²) in [6, 6.07) is 8.53. The van der Waals surface area contributed by atoms with Crippen molar-refractivity contribution in [2.45, 2.75) is 19.3 Å². The smallest absolute Gasteiger partial charge is 0.256 e. The van der Waals surface area contributed by atoms with Gasteiger partial charge in [-0.1, -0.05) is 6.08 Å². The summed E-state index contributed by atoms with van der Waals surface area (Å²) in [7, 11) is 0. The Kier molecular flexibility index (Phi) is 4.88. The minimum absolute atomic E-state index is 0.0575. The second kappa shape index (κ2) is 6.84. The number of halogens is 2. The molecular weight excluding hydrogens is 278 g/mol. The topological polar surface area (TPSA) is 53.3 Å². The van der Waals surface area contributed by atoms with Crippen LogP contribution in [0.1, 0.15) is 18.4 Å². The van der Waals surface area contributed by atoms with Crippen LogP contribution in [0.4, 0.5) is 8.78 Å². The second-order valence-electron chi connectivity index (χ2n) is 4.49. The number of alkyl halides is 2. The predicted molar refractivity (Wildman–Crippen MR) is 72.5 cm³/mol. The van der Waals surface area contributed by atoms with E-state index in [1.54, 1.807) is 30.3 Å². The number of carbonyl (C=O) groups excluding carboxylic acids is 1. The van der Waals surface area contributed by atoms with Crippen LogP contribution in [0.15, 0.2) is 30.3 Å². The van der Waals surface area contributed by atoms with Crippen LogP contribution < -0.4 is 4.74 Å². The zero-order valence-electron chi connectivity index (χ0n) is 11.3. The molecule has 0 bridgehead atoms. The van der Waals surface area contributed by atoms with Crippen LogP contribution in [0.25, 0.3) is 5.70 Å². The van der Waals surface area contributed by atoms with E-state index in [-0.39, 0.29) is 18.9 Å². The lowest BCUT2D eigenvalue weighted by molar-refractivity contribution is -0.129. The van der Waals surface area contributed by atoms with Crippen molar-refractivity contribution in [3.05, 3.63) is 35.9 Å². The Hall–Kier alpha value is -2.42. The third kappa shape index (κ3) is 3.78. The average Bonchev–Trinajstić information content (AvgIpc) is 2.47. The number of ether oxygens (including phenoxy) is 1. The monoisotopic (exact) mass is 292 g/mol. The van der Waals surface area contributed by atoms with Gasteiger partial charge in [0.15, 0.2) is 6.61 Å². The van der Waals surface area contributed by atoms with E-state index in [1.165, 1.54) is 0 Å². The predicted octanol–water partition coefficient (Wildman–Crippen LogP) is 2.82. The largest absolute Gasteiger partial charge is 0.479 e. The van der Waals surface area contributed by atoms with E-state index < -0.39 is 13.0 Å². The molecule has 1 amide bonds. The summed E-state index contributed by atoms with van der Waals surface area (Å²) in [6.07, 6.45) is 0.00318. The highest BCUT2D eigenvalue weighted by molar-refractivity contribution is 5.89. The molecule has 0 atom stereocenters. The summed E-state index contributed by atoms with van der Waals surface area (Å²) in [5.74, 6) is 0.223. The molecule has 1 aliphatic heterocycles. The third-order valence-corrected chi connectivity index (χ3v) is 3.06. The van der Waals surface area contributed by atoms with Gasteiger partial charge in [-0.3, -0.25) is 4.79 Å². The number of benzene rings is 1. The van der Waals surface area contributed by atoms with Gasteiger partial charge >= 0.3 is 0 Å². The highest BCUT2D eigenvalue weighted by Crippen LogP contribution is 2.27. The van der Waals surface area contributed by atoms with E-state index in [0.717, 1.165) is 4.90 Å². The molecule has 0 saturated heterocycles. The number of rotatable bonds is 5. The van der Waals surface area contributed by atoms with Crippen LogP contribution in [0.5, 0.6) is 5.75 Å². The van der Waals surface area contributed by atoms with Gasteiger partial charge in [0, 0.05) is 12.1 Å². The van der Waals surface area contributed by atoms with Crippen molar-refractivity contribution in [1.29, 1.82) is 5.26 Å². The molecule has 0 N–H and O–H groups in total. The Morgan fingerprint density at radius 1 is 1.33 bits per heavy atom. The van der Waals surface area contributed by atoms with Gasteiger partial charge in [-0.25, -0.2) is 8.78 Å². The summed E-state index contributed by atoms with van der Waals surface area (Å²) < 4.78 is 30.4. The van der Waals surface area contributed by atoms with E-state index in [9.17, 15) is 13.6 Å². The Labute approximate surface area is 121 Å². The lowest BCUT2D eigenvalue weighted by Gasteiger charge is -2.28. The van der Waals surface area contributed by atoms with E-state index in [4.69, 9.17) is 10.00 Å². The Morgan fingerprint density at radius 2 is 2.05 bits per heavy atom. The minimum Gasteiger partial charge on any atom is -0.479 e. The zero-order chi connectivity index (χ0) is 15.2. The molecule has 0 aromatic heterocycles. The maximum absolute atomic E-state index is 12.6. The molecule has 21 heavy (non-hydrogen) atoms. The van der Waals surface area contributed by atoms with Crippen LogP contribution in [0.2, 0.25) is 0 Å². The highest BCUT2D eigenvalue weighted by atomic mass is 19.3. The summed E-state index contributed by atoms with van der Waals surface area (Å²) in [5, 5.41) is 8.43. The number of nitriles is 1. The van der Waals surface area contributed by atoms with Gasteiger partial charge in [0.2, 0.25) is 5.91 Å². The van der Waals surface area contributed by atoms with Gasteiger partial charge in [-0.05, 0) is 36.2 Å². The first-order valence-electron chi connectivity index (χ1n) is 6.50. The van der Waals surface area contributed by atoms with Crippen LogP contribution >= 0.6 is 0 Å². The second-order valence-corrected chi connectivity index (χ2v) is 4.49. The first kappa shape index (κ1) is 15.0. The molecule has 1 aromatic carbocycles. The summed E-state index contributed by atoms with van der Waals surface area (Å²) in [6.45, 7) is -0.657. The number of carbonyl (C=O) groups is 1. The zero-order valence-corrected chi connectivity index (χ0v) is 11.3. The van der Waals surface area contributed by atoms with Crippen molar-refractivity contribution in [2.75, 3.05) is 13.2 Å². The van der Waals surface area contributed by atoms with Crippen molar-refractivity contribution < 1.29 is 18.3 Å². The summed E-state index contributed by atoms with van der Waals surface area (Å²) in [5.41, 5.74) is 1.17. The molecule has 0 saturated carbocycles. The van der Waals surface area contributed by atoms with Gasteiger partial charge in [0.25, 0.3) is 6.43 Å². The Bertz CT molecular complexity index is 576. The van der Waals surface area contributed by atoms with Gasteiger partial charge in [0.1, 0.15) is 11.8 Å². The fraction of sp³-hybridized carbons (Fsp3) is 0.333. The molecule has 0 unspecified atom stereocenters. The first-order chi connectivity index (χ1) is 10.1. The van der Waals surface area contributed by atoms with Crippen LogP contribution in [0, 0.1) is 11.3 Å². The number of allylic oxidation sites excluding steroid dienone is 1. The van der Waals surface area contributed by atoms with Gasteiger partial charge in [-0.15, -0.1) is 0 Å². The van der Waals surface area contributed by atoms with Crippen molar-refractivity contribution in [2.24, 2.45) is 0 Å². The van der Waals surface area contributed by atoms with Crippen molar-refractivity contribution in [3.8, 4) is 11.8 Å². The van der Waals surface area contributed by atoms with Crippen molar-refractivity contribution in [3.63, 3.8) is 0 Å². The van der Waals surface area contributed by atoms with Crippen LogP contribution in [-0.2, 0) is 4.79 Å². The van der Waals surface area contributed by atoms with Gasteiger partial charge in [-0.2, -0.15) is 5.26 Å². The fourth-order valence-electron chi connectivity index (χ4n) is 2.16. The molecule has 0 radical (unpaired) electrons. The van der Waals surface area contributed by atoms with Crippen molar-refractivity contribution in [1.82, 2.24) is 4.90 Å². The van der Waals surface area contributed by atoms with Crippen molar-refractivity contribution >= 4 is 11.6 Å². The average molecular weight is 292 g/mol. The van der Waals surface area contributed by atoms with E-state index in [0.29, 0.717) is 23.4 Å². The van der Waals surface area contributed by atoms with E-state index in [2.05, 4.69) is 0 Å². The minimum atomic E-state index is -2.58. The quantitative estimate of drug-likeness (QED) is 0.838. The van der Waals surface area contributed by atoms with E-state index >= 15 is 0 Å². The SMILES string of the molecule is N#CCOc1ccc(C2=CCCC(=O)N2CC(F)F)cc1.